The number of aromatic nitrogens is 2. The molecule has 1 aliphatic heterocycles. The molecule has 2 unspecified atom stereocenters. The van der Waals surface area contributed by atoms with Gasteiger partial charge in [-0.25, -0.2) is 23.7 Å². The summed E-state index contributed by atoms with van der Waals surface area (Å²) in [4.78, 5) is 55.3. The number of rotatable bonds is 19. The second kappa shape index (κ2) is 43.1. The number of urea groups is 1. The Morgan fingerprint density at radius 3 is 1.91 bits per heavy atom. The monoisotopic (exact) mass is 1350 g/mol. The predicted molar refractivity (Wildman–Crippen MR) is 349 cm³/mol. The summed E-state index contributed by atoms with van der Waals surface area (Å²) in [6.07, 6.45) is 0.0654. The van der Waals surface area contributed by atoms with E-state index in [1.54, 1.807) is 68.0 Å². The minimum atomic E-state index is -2.89. The summed E-state index contributed by atoms with van der Waals surface area (Å²) in [7, 11) is 3.44. The van der Waals surface area contributed by atoms with Crippen LogP contribution in [0.25, 0.3) is 0 Å². The number of hydrazone groups is 1. The molecule has 0 fully saturated rings. The third-order valence-corrected chi connectivity index (χ3v) is 11.9. The number of hydrazine groups is 2. The molecule has 2 atom stereocenters. The number of carboxylic acid groups (broad SMARTS) is 2. The van der Waals surface area contributed by atoms with Crippen LogP contribution < -0.4 is 74.0 Å². The van der Waals surface area contributed by atoms with E-state index in [1.165, 1.54) is 34.1 Å². The number of nitrogens with one attached hydrogen (secondary N) is 11. The van der Waals surface area contributed by atoms with E-state index in [2.05, 4.69) is 81.7 Å². The Hall–Kier alpha value is -9.57. The van der Waals surface area contributed by atoms with Gasteiger partial charge in [-0.2, -0.15) is 27.8 Å². The van der Waals surface area contributed by atoms with E-state index in [-0.39, 0.29) is 42.5 Å². The molecule has 0 bridgehead atoms. The third-order valence-electron chi connectivity index (χ3n) is 10.6. The lowest BCUT2D eigenvalue weighted by Gasteiger charge is -2.16. The van der Waals surface area contributed by atoms with Gasteiger partial charge >= 0.3 is 30.8 Å². The first-order valence-corrected chi connectivity index (χ1v) is 28.1. The molecule has 90 heavy (non-hydrogen) atoms. The first-order valence-electron chi connectivity index (χ1n) is 26.1. The molecular weight excluding hydrogens is 1290 g/mol. The predicted octanol–water partition coefficient (Wildman–Crippen LogP) is 7.25. The first kappa shape index (κ1) is 76.5. The van der Waals surface area contributed by atoms with Crippen molar-refractivity contribution in [3.8, 4) is 11.5 Å². The summed E-state index contributed by atoms with van der Waals surface area (Å²) in [5.41, 5.74) is 14.5. The maximum Gasteiger partial charge on any atom is 0.404 e. The molecule has 6 rings (SSSR count). The van der Waals surface area contributed by atoms with Crippen LogP contribution in [0.2, 0.25) is 5.02 Å². The average Bonchev–Trinajstić information content (AvgIpc) is 1.69. The lowest BCUT2D eigenvalue weighted by atomic mass is 9.90. The van der Waals surface area contributed by atoms with E-state index in [0.29, 0.717) is 62.3 Å². The van der Waals surface area contributed by atoms with E-state index in [9.17, 15) is 45.9 Å². The van der Waals surface area contributed by atoms with Gasteiger partial charge in [0.05, 0.1) is 38.0 Å². The van der Waals surface area contributed by atoms with Crippen LogP contribution in [0.5, 0.6) is 11.5 Å². The number of benzene rings is 4. The zero-order valence-electron chi connectivity index (χ0n) is 48.2. The van der Waals surface area contributed by atoms with E-state index in [4.69, 9.17) is 75.4 Å². The standard InChI is InChI=1S/C23H18ClF2N3O2.C14H15N3O4.C7H14N4S2.C6H6F3NO3.C6H12N4S2/c24-17-8-10-18(11-9-17)27-23(30)29-14-20(15-4-2-1-3-5-15)21(28-29)16-6-12-19(13-7-16)31-22(25)26;18-13-8-12(21-7-6-15-14(19)20)9-16-17(13)10-11-4-2-1-3-5-11;1-4-5(2)9-7(13)11-10-6(12)8-3;7-3(6(8)9)1-4(11)10-2-5(12)13;1-3-4-8-6(12)10-9-5(11)7-2/h1-13,20,22H,14H2,(H,27,30);1-5,8-9,15H,6-7,10H2,(H,19,20);4-5H,1H2,2-3H3,(H2,8,10,12)(H2,9,11,13);1-2H2,(H,10,11)(H,12,13);3H,1,4H2,2H3,(H2,7,9,11)(H2,8,10,12). The minimum absolute atomic E-state index is 0.0611. The number of hydrogen-bond acceptors (Lipinski definition) is 13. The Morgan fingerprint density at radius 2 is 1.38 bits per heavy atom. The third kappa shape index (κ3) is 33.0. The van der Waals surface area contributed by atoms with Crippen molar-refractivity contribution in [3.05, 3.63) is 191 Å². The topological polar surface area (TPSA) is 310 Å². The Morgan fingerprint density at radius 1 is 0.789 bits per heavy atom. The number of nitrogens with zero attached hydrogens (tertiary/aromatic N) is 4. The SMILES string of the molecule is C=CC(C)NC(=S)NNC(=S)NC.C=CCNC(=S)NNC(=S)NC.O=C(Nc1ccc(Cl)cc1)N1CC(c2ccccc2)C(c2ccc(OC(F)F)cc2)=N1.O=C(O)CNC(=O)CC(F)=C(F)F.O=C(O)NCCOc1cnn(Cc2ccccc2)c(=O)c1. The second-order valence-electron chi connectivity index (χ2n) is 17.3. The zero-order valence-corrected chi connectivity index (χ0v) is 52.3. The van der Waals surface area contributed by atoms with Gasteiger partial charge in [0.15, 0.2) is 26.3 Å². The van der Waals surface area contributed by atoms with Crippen LogP contribution in [0.3, 0.4) is 0 Å². The Kier molecular flexibility index (Phi) is 36.7. The molecule has 5 aromatic rings. The molecule has 4 aromatic carbocycles. The molecular formula is C56H65ClF5N15O9S4. The van der Waals surface area contributed by atoms with Crippen LogP contribution in [0.15, 0.2) is 169 Å². The summed E-state index contributed by atoms with van der Waals surface area (Å²) in [6, 6.07) is 33.3. The molecule has 0 saturated heterocycles. The Labute approximate surface area is 540 Å². The van der Waals surface area contributed by atoms with Gasteiger partial charge in [-0.05, 0) is 121 Å². The molecule has 34 heteroatoms. The summed E-state index contributed by atoms with van der Waals surface area (Å²) >= 11 is 25.3. The maximum atomic E-state index is 12.8. The molecule has 0 radical (unpaired) electrons. The van der Waals surface area contributed by atoms with E-state index in [1.807, 2.05) is 67.6 Å². The van der Waals surface area contributed by atoms with Gasteiger partial charge in [0.1, 0.15) is 24.7 Å². The first-order chi connectivity index (χ1) is 42.9. The molecule has 0 aliphatic carbocycles. The highest BCUT2D eigenvalue weighted by Gasteiger charge is 2.32. The molecule has 0 spiro atoms. The van der Waals surface area contributed by atoms with Crippen molar-refractivity contribution in [3.63, 3.8) is 0 Å². The highest BCUT2D eigenvalue weighted by atomic mass is 35.5. The number of ether oxygens (including phenoxy) is 2. The molecule has 1 aromatic heterocycles. The van der Waals surface area contributed by atoms with Gasteiger partial charge in [-0.1, -0.05) is 84.4 Å². The highest BCUT2D eigenvalue weighted by Crippen LogP contribution is 2.30. The number of amides is 4. The van der Waals surface area contributed by atoms with Gasteiger partial charge in [0, 0.05) is 49.4 Å². The zero-order chi connectivity index (χ0) is 67.0. The fraction of sp³-hybridized carbons (Fsp3) is 0.232. The van der Waals surface area contributed by atoms with Crippen LogP contribution in [-0.4, -0.2) is 135 Å². The van der Waals surface area contributed by atoms with Gasteiger partial charge in [-0.15, -0.1) is 13.2 Å². The molecule has 2 heterocycles. The lowest BCUT2D eigenvalue weighted by Crippen LogP contribution is -2.50. The number of carbonyl (C=O) groups is 4. The number of aliphatic carboxylic acids is 1. The van der Waals surface area contributed by atoms with Gasteiger partial charge in [0.2, 0.25) is 5.91 Å². The summed E-state index contributed by atoms with van der Waals surface area (Å²) in [5.74, 6) is -4.09. The van der Waals surface area contributed by atoms with Crippen molar-refractivity contribution in [2.24, 2.45) is 5.10 Å². The molecule has 4 amide bonds. The number of hydrogen-bond donors (Lipinski definition) is 13. The number of alkyl halides is 2. The molecule has 13 N–H and O–H groups in total. The van der Waals surface area contributed by atoms with E-state index < -0.39 is 49.5 Å². The van der Waals surface area contributed by atoms with E-state index >= 15 is 0 Å². The van der Waals surface area contributed by atoms with Crippen LogP contribution in [-0.2, 0) is 16.1 Å². The van der Waals surface area contributed by atoms with Gasteiger partial charge < -0.3 is 56.9 Å². The van der Waals surface area contributed by atoms with Crippen LogP contribution in [0, 0.1) is 0 Å². The van der Waals surface area contributed by atoms with Crippen LogP contribution >= 0.6 is 60.5 Å². The second-order valence-corrected chi connectivity index (χ2v) is 19.4. The normalized spacial score (nSPS) is 11.7. The van der Waals surface area contributed by atoms with Crippen LogP contribution in [0.1, 0.15) is 36.0 Å². The maximum absolute atomic E-state index is 12.8. The minimum Gasteiger partial charge on any atom is -0.490 e. The number of carbonyl (C=O) groups excluding carboxylic acids is 2. The quantitative estimate of drug-likeness (QED) is 0.0127. The van der Waals surface area contributed by atoms with E-state index in [0.717, 1.165) is 16.7 Å². The van der Waals surface area contributed by atoms with Crippen molar-refractivity contribution < 1.29 is 60.8 Å². The lowest BCUT2D eigenvalue weighted by molar-refractivity contribution is -0.137. The molecule has 0 saturated carbocycles. The average molecular weight is 1350 g/mol. The summed E-state index contributed by atoms with van der Waals surface area (Å²) in [5, 5.41) is 46.8. The number of halogens is 6. The number of carboxylic acids is 1. The molecule has 484 valence electrons. The van der Waals surface area contributed by atoms with Crippen molar-refractivity contribution >= 4 is 116 Å². The van der Waals surface area contributed by atoms with Gasteiger partial charge in [-0.3, -0.25) is 36.1 Å². The molecule has 24 nitrogen and oxygen atoms in total. The highest BCUT2D eigenvalue weighted by molar-refractivity contribution is 7.81. The molecule has 1 aliphatic rings. The summed E-state index contributed by atoms with van der Waals surface area (Å²) in [6.45, 7) is 7.11. The van der Waals surface area contributed by atoms with Crippen molar-refractivity contribution in [1.82, 2.24) is 68.4 Å². The van der Waals surface area contributed by atoms with Crippen molar-refractivity contribution in [1.29, 1.82) is 0 Å². The van der Waals surface area contributed by atoms with Gasteiger partial charge in [0.25, 0.3) is 5.56 Å². The Bertz CT molecular complexity index is 3270. The smallest absolute Gasteiger partial charge is 0.404 e. The number of anilines is 1. The van der Waals surface area contributed by atoms with Crippen molar-refractivity contribution in [2.75, 3.05) is 52.2 Å². The fourth-order valence-electron chi connectivity index (χ4n) is 6.37. The Balaban J connectivity index is 0.000000409. The fourth-order valence-corrected chi connectivity index (χ4v) is 6.97. The number of thiocarbonyl (C=S) groups is 4. The summed E-state index contributed by atoms with van der Waals surface area (Å²) < 4.78 is 70.7. The van der Waals surface area contributed by atoms with Crippen LogP contribution in [0.4, 0.5) is 37.2 Å². The van der Waals surface area contributed by atoms with Crippen molar-refractivity contribution in [2.45, 2.75) is 38.5 Å². The largest absolute Gasteiger partial charge is 0.490 e.